The van der Waals surface area contributed by atoms with Gasteiger partial charge in [0.15, 0.2) is 6.61 Å². The second-order valence-corrected chi connectivity index (χ2v) is 6.54. The third-order valence-electron chi connectivity index (χ3n) is 3.50. The average Bonchev–Trinajstić information content (AvgIpc) is 2.96. The van der Waals surface area contributed by atoms with Crippen LogP contribution in [0, 0.1) is 6.92 Å². The number of benzene rings is 1. The van der Waals surface area contributed by atoms with Crippen molar-refractivity contribution in [1.29, 1.82) is 0 Å². The van der Waals surface area contributed by atoms with Crippen LogP contribution in [0.25, 0.3) is 0 Å². The predicted octanol–water partition coefficient (Wildman–Crippen LogP) is 1.57. The third-order valence-corrected chi connectivity index (χ3v) is 4.40. The van der Waals surface area contributed by atoms with Crippen LogP contribution in [0.1, 0.15) is 10.0 Å². The molecule has 24 heavy (non-hydrogen) atoms. The predicted molar refractivity (Wildman–Crippen MR) is 90.7 cm³/mol. The zero-order chi connectivity index (χ0) is 17.1. The van der Waals surface area contributed by atoms with Crippen molar-refractivity contribution in [2.45, 2.75) is 13.3 Å². The molecule has 0 saturated heterocycles. The van der Waals surface area contributed by atoms with E-state index in [1.54, 1.807) is 25.2 Å². The van der Waals surface area contributed by atoms with E-state index in [0.717, 1.165) is 10.0 Å². The van der Waals surface area contributed by atoms with Gasteiger partial charge < -0.3 is 20.3 Å². The second kappa shape index (κ2) is 6.83. The molecule has 2 heterocycles. The highest BCUT2D eigenvalue weighted by molar-refractivity contribution is 7.11. The van der Waals surface area contributed by atoms with Gasteiger partial charge in [-0.15, -0.1) is 21.5 Å². The van der Waals surface area contributed by atoms with Crippen LogP contribution in [0.2, 0.25) is 0 Å². The van der Waals surface area contributed by atoms with E-state index in [4.69, 9.17) is 4.74 Å². The Kier molecular flexibility index (Phi) is 4.61. The number of carbonyl (C=O) groups excluding carboxylic acids is 2. The van der Waals surface area contributed by atoms with E-state index in [1.165, 1.54) is 16.2 Å². The van der Waals surface area contributed by atoms with Crippen LogP contribution in [0.15, 0.2) is 18.2 Å². The van der Waals surface area contributed by atoms with Crippen molar-refractivity contribution in [3.63, 3.8) is 0 Å². The molecular formula is C15H17N5O3S. The number of aryl methyl sites for hydroxylation is 1. The van der Waals surface area contributed by atoms with Crippen LogP contribution in [0.3, 0.4) is 0 Å². The van der Waals surface area contributed by atoms with Crippen molar-refractivity contribution in [3.8, 4) is 5.75 Å². The molecule has 1 aromatic carbocycles. The number of hydrogen-bond acceptors (Lipinski definition) is 6. The van der Waals surface area contributed by atoms with Crippen molar-refractivity contribution in [1.82, 2.24) is 15.5 Å². The van der Waals surface area contributed by atoms with Gasteiger partial charge in [-0.05, 0) is 19.1 Å². The van der Waals surface area contributed by atoms with Gasteiger partial charge in [0.05, 0.1) is 5.69 Å². The van der Waals surface area contributed by atoms with Gasteiger partial charge in [-0.3, -0.25) is 4.79 Å². The number of carbonyl (C=O) groups is 2. The van der Waals surface area contributed by atoms with E-state index in [9.17, 15) is 9.59 Å². The van der Waals surface area contributed by atoms with Gasteiger partial charge in [-0.2, -0.15) is 0 Å². The standard InChI is InChI=1S/C15H17N5O3S/c1-9-18-19-13(24-9)5-6-16-15(22)17-10-3-4-11-12(7-10)23-8-14(21)20(11)2/h3-4,7H,5-6,8H2,1-2H3,(H2,16,17,22). The van der Waals surface area contributed by atoms with Crippen LogP contribution < -0.4 is 20.3 Å². The molecule has 0 saturated carbocycles. The molecule has 0 atom stereocenters. The molecule has 8 nitrogen and oxygen atoms in total. The fraction of sp³-hybridized carbons (Fsp3) is 0.333. The minimum absolute atomic E-state index is 0.000412. The SMILES string of the molecule is Cc1nnc(CCNC(=O)Nc2ccc3c(c2)OCC(=O)N3C)s1. The number of rotatable bonds is 4. The zero-order valence-corrected chi connectivity index (χ0v) is 14.1. The number of nitrogens with zero attached hydrogens (tertiary/aromatic N) is 3. The molecule has 2 N–H and O–H groups in total. The van der Waals surface area contributed by atoms with Gasteiger partial charge in [-0.25, -0.2) is 4.79 Å². The molecule has 1 aliphatic heterocycles. The second-order valence-electron chi connectivity index (χ2n) is 5.27. The largest absolute Gasteiger partial charge is 0.481 e. The van der Waals surface area contributed by atoms with Gasteiger partial charge in [0.1, 0.15) is 15.8 Å². The van der Waals surface area contributed by atoms with Gasteiger partial charge >= 0.3 is 6.03 Å². The summed E-state index contributed by atoms with van der Waals surface area (Å²) < 4.78 is 5.39. The van der Waals surface area contributed by atoms with Crippen molar-refractivity contribution >= 4 is 34.6 Å². The van der Waals surface area contributed by atoms with E-state index in [0.29, 0.717) is 30.1 Å². The Hall–Kier alpha value is -2.68. The van der Waals surface area contributed by atoms with Gasteiger partial charge in [0.25, 0.3) is 5.91 Å². The van der Waals surface area contributed by atoms with Crippen molar-refractivity contribution in [3.05, 3.63) is 28.2 Å². The lowest BCUT2D eigenvalue weighted by Gasteiger charge is -2.26. The molecule has 0 radical (unpaired) electrons. The minimum atomic E-state index is -0.309. The number of ether oxygens (including phenoxy) is 1. The number of likely N-dealkylation sites (N-methyl/N-ethyl adjacent to an activating group) is 1. The van der Waals surface area contributed by atoms with Crippen LogP contribution in [-0.4, -0.2) is 42.3 Å². The number of anilines is 2. The molecule has 9 heteroatoms. The summed E-state index contributed by atoms with van der Waals surface area (Å²) in [4.78, 5) is 25.0. The molecule has 1 aliphatic rings. The van der Waals surface area contributed by atoms with Crippen LogP contribution in [-0.2, 0) is 11.2 Å². The number of aromatic nitrogens is 2. The Bertz CT molecular complexity index is 776. The molecule has 0 spiro atoms. The molecule has 0 bridgehead atoms. The summed E-state index contributed by atoms with van der Waals surface area (Å²) in [6.07, 6.45) is 0.638. The third kappa shape index (κ3) is 3.62. The number of nitrogens with one attached hydrogen (secondary N) is 2. The van der Waals surface area contributed by atoms with Crippen LogP contribution in [0.4, 0.5) is 16.2 Å². The lowest BCUT2D eigenvalue weighted by atomic mass is 10.2. The maximum Gasteiger partial charge on any atom is 0.319 e. The average molecular weight is 347 g/mol. The quantitative estimate of drug-likeness (QED) is 0.875. The summed E-state index contributed by atoms with van der Waals surface area (Å²) in [5, 5.41) is 15.3. The fourth-order valence-electron chi connectivity index (χ4n) is 2.25. The van der Waals surface area contributed by atoms with E-state index in [-0.39, 0.29) is 18.5 Å². The molecule has 1 aromatic heterocycles. The number of amides is 3. The topological polar surface area (TPSA) is 96.5 Å². The highest BCUT2D eigenvalue weighted by atomic mass is 32.1. The summed E-state index contributed by atoms with van der Waals surface area (Å²) in [5.74, 6) is 0.465. The first-order chi connectivity index (χ1) is 11.5. The lowest BCUT2D eigenvalue weighted by Crippen LogP contribution is -2.35. The number of urea groups is 1. The Morgan fingerprint density at radius 1 is 1.42 bits per heavy atom. The number of fused-ring (bicyclic) bond motifs is 1. The minimum Gasteiger partial charge on any atom is -0.481 e. The zero-order valence-electron chi connectivity index (χ0n) is 13.3. The first-order valence-electron chi connectivity index (χ1n) is 7.40. The van der Waals surface area contributed by atoms with E-state index < -0.39 is 0 Å². The van der Waals surface area contributed by atoms with Gasteiger partial charge in [-0.1, -0.05) is 0 Å². The molecule has 0 aliphatic carbocycles. The van der Waals surface area contributed by atoms with Crippen molar-refractivity contribution < 1.29 is 14.3 Å². The first-order valence-corrected chi connectivity index (χ1v) is 8.22. The molecule has 0 fully saturated rings. The normalized spacial score (nSPS) is 13.2. The summed E-state index contributed by atoms with van der Waals surface area (Å²) in [6, 6.07) is 4.86. The van der Waals surface area contributed by atoms with Crippen molar-refractivity contribution in [2.24, 2.45) is 0 Å². The van der Waals surface area contributed by atoms with Gasteiger partial charge in [0, 0.05) is 31.8 Å². The molecule has 0 unspecified atom stereocenters. The molecular weight excluding hydrogens is 330 g/mol. The maximum atomic E-state index is 11.9. The number of hydrogen-bond donors (Lipinski definition) is 2. The van der Waals surface area contributed by atoms with Gasteiger partial charge in [0.2, 0.25) is 0 Å². The Morgan fingerprint density at radius 2 is 2.25 bits per heavy atom. The smallest absolute Gasteiger partial charge is 0.319 e. The molecule has 3 rings (SSSR count). The maximum absolute atomic E-state index is 11.9. The summed E-state index contributed by atoms with van der Waals surface area (Å²) in [5.41, 5.74) is 1.28. The monoisotopic (exact) mass is 347 g/mol. The summed E-state index contributed by atoms with van der Waals surface area (Å²) in [6.45, 7) is 2.37. The van der Waals surface area contributed by atoms with E-state index in [2.05, 4.69) is 20.8 Å². The van der Waals surface area contributed by atoms with Crippen LogP contribution >= 0.6 is 11.3 Å². The highest BCUT2D eigenvalue weighted by Crippen LogP contribution is 2.33. The molecule has 2 aromatic rings. The Balaban J connectivity index is 1.54. The van der Waals surface area contributed by atoms with Crippen LogP contribution in [0.5, 0.6) is 5.75 Å². The lowest BCUT2D eigenvalue weighted by molar-refractivity contribution is -0.120. The summed E-state index contributed by atoms with van der Waals surface area (Å²) in [7, 11) is 1.69. The molecule has 3 amide bonds. The summed E-state index contributed by atoms with van der Waals surface area (Å²) >= 11 is 1.52. The first kappa shape index (κ1) is 16.2. The van der Waals surface area contributed by atoms with Crippen molar-refractivity contribution in [2.75, 3.05) is 30.4 Å². The van der Waals surface area contributed by atoms with E-state index in [1.807, 2.05) is 6.92 Å². The van der Waals surface area contributed by atoms with E-state index >= 15 is 0 Å². The fourth-order valence-corrected chi connectivity index (χ4v) is 2.96. The Morgan fingerprint density at radius 3 is 3.00 bits per heavy atom. The highest BCUT2D eigenvalue weighted by Gasteiger charge is 2.22. The Labute approximate surface area is 142 Å². The molecule has 126 valence electrons.